The Morgan fingerprint density at radius 1 is 1.11 bits per heavy atom. The molecule has 0 aliphatic rings. The molecule has 0 aliphatic heterocycles. The van der Waals surface area contributed by atoms with Gasteiger partial charge in [0.25, 0.3) is 0 Å². The Labute approximate surface area is 96.8 Å². The molecule has 0 aromatic carbocycles. The molecule has 0 bridgehead atoms. The normalized spacial score (nSPS) is 13.0. The first kappa shape index (κ1) is 12.5. The van der Waals surface area contributed by atoms with E-state index < -0.39 is 17.9 Å². The lowest BCUT2D eigenvalue weighted by Crippen LogP contribution is -2.34. The van der Waals surface area contributed by atoms with Gasteiger partial charge in [-0.25, -0.2) is 4.98 Å². The summed E-state index contributed by atoms with van der Waals surface area (Å²) in [4.78, 5) is 8.68. The molecule has 2 aromatic rings. The standard InChI is InChI=1S/C9H6F5N3O/c1-18-5-3-2-4-6(16-5)17-7(15-4)8(10,11)9(12,13)14/h2-3H,1H3,(H,15,16,17). The molecule has 98 valence electrons. The van der Waals surface area contributed by atoms with Gasteiger partial charge in [0.15, 0.2) is 11.5 Å². The molecule has 0 atom stereocenters. The third-order valence-electron chi connectivity index (χ3n) is 2.18. The van der Waals surface area contributed by atoms with Crippen molar-refractivity contribution in [2.75, 3.05) is 7.11 Å². The molecule has 0 amide bonds. The summed E-state index contributed by atoms with van der Waals surface area (Å²) < 4.78 is 67.1. The Bertz CT molecular complexity index is 577. The maximum absolute atomic E-state index is 13.0. The fourth-order valence-electron chi connectivity index (χ4n) is 1.27. The number of hydrogen-bond donors (Lipinski definition) is 1. The van der Waals surface area contributed by atoms with Gasteiger partial charge in [-0.05, 0) is 6.07 Å². The number of nitrogens with zero attached hydrogens (tertiary/aromatic N) is 2. The van der Waals surface area contributed by atoms with Gasteiger partial charge in [-0.15, -0.1) is 0 Å². The average molecular weight is 267 g/mol. The Balaban J connectivity index is 2.54. The second-order valence-corrected chi connectivity index (χ2v) is 3.38. The van der Waals surface area contributed by atoms with E-state index in [-0.39, 0.29) is 17.0 Å². The summed E-state index contributed by atoms with van der Waals surface area (Å²) in [5.41, 5.74) is -0.303. The summed E-state index contributed by atoms with van der Waals surface area (Å²) in [6, 6.07) is 2.57. The summed E-state index contributed by atoms with van der Waals surface area (Å²) in [7, 11) is 1.28. The van der Waals surface area contributed by atoms with Crippen LogP contribution in [0.4, 0.5) is 22.0 Å². The molecule has 1 N–H and O–H groups in total. The molecule has 0 saturated heterocycles. The van der Waals surface area contributed by atoms with Gasteiger partial charge < -0.3 is 9.72 Å². The van der Waals surface area contributed by atoms with E-state index in [2.05, 4.69) is 9.97 Å². The molecule has 18 heavy (non-hydrogen) atoms. The monoisotopic (exact) mass is 267 g/mol. The third-order valence-corrected chi connectivity index (χ3v) is 2.18. The van der Waals surface area contributed by atoms with Crippen LogP contribution in [0.25, 0.3) is 11.2 Å². The quantitative estimate of drug-likeness (QED) is 0.851. The zero-order chi connectivity index (χ0) is 13.6. The highest BCUT2D eigenvalue weighted by molar-refractivity contribution is 5.71. The predicted octanol–water partition coefficient (Wildman–Crippen LogP) is 2.62. The largest absolute Gasteiger partial charge is 0.481 e. The summed E-state index contributed by atoms with van der Waals surface area (Å²) in [5, 5.41) is 0. The Kier molecular flexibility index (Phi) is 2.63. The lowest BCUT2D eigenvalue weighted by atomic mass is 10.3. The SMILES string of the molecule is COc1ccc2[nH]c(C(F)(F)C(F)(F)F)nc2n1. The van der Waals surface area contributed by atoms with E-state index in [1.165, 1.54) is 19.2 Å². The predicted molar refractivity (Wildman–Crippen MR) is 50.4 cm³/mol. The minimum Gasteiger partial charge on any atom is -0.481 e. The maximum Gasteiger partial charge on any atom is 0.461 e. The van der Waals surface area contributed by atoms with Crippen molar-refractivity contribution in [3.8, 4) is 5.88 Å². The molecule has 9 heteroatoms. The minimum atomic E-state index is -5.72. The zero-order valence-electron chi connectivity index (χ0n) is 8.85. The molecule has 0 aliphatic carbocycles. The van der Waals surface area contributed by atoms with E-state index in [1.54, 1.807) is 0 Å². The Morgan fingerprint density at radius 2 is 1.78 bits per heavy atom. The molecule has 0 fully saturated rings. The van der Waals surface area contributed by atoms with Crippen molar-refractivity contribution in [3.63, 3.8) is 0 Å². The number of fused-ring (bicyclic) bond motifs is 1. The van der Waals surface area contributed by atoms with Gasteiger partial charge in [0.1, 0.15) is 0 Å². The second kappa shape index (κ2) is 3.79. The smallest absolute Gasteiger partial charge is 0.461 e. The number of aromatic amines is 1. The van der Waals surface area contributed by atoms with E-state index in [9.17, 15) is 22.0 Å². The van der Waals surface area contributed by atoms with E-state index in [0.717, 1.165) is 0 Å². The van der Waals surface area contributed by atoms with E-state index in [1.807, 2.05) is 4.98 Å². The van der Waals surface area contributed by atoms with Crippen molar-refractivity contribution < 1.29 is 26.7 Å². The van der Waals surface area contributed by atoms with Crippen molar-refractivity contribution in [1.29, 1.82) is 0 Å². The van der Waals surface area contributed by atoms with Crippen LogP contribution in [-0.2, 0) is 5.92 Å². The van der Waals surface area contributed by atoms with E-state index in [4.69, 9.17) is 4.74 Å². The van der Waals surface area contributed by atoms with Crippen molar-refractivity contribution in [1.82, 2.24) is 15.0 Å². The maximum atomic E-state index is 13.0. The summed E-state index contributed by atoms with van der Waals surface area (Å²) in [6.45, 7) is 0. The number of rotatable bonds is 2. The van der Waals surface area contributed by atoms with Gasteiger partial charge >= 0.3 is 12.1 Å². The van der Waals surface area contributed by atoms with Crippen molar-refractivity contribution in [2.45, 2.75) is 12.1 Å². The second-order valence-electron chi connectivity index (χ2n) is 3.38. The Hall–Kier alpha value is -1.93. The van der Waals surface area contributed by atoms with Crippen LogP contribution in [0.2, 0.25) is 0 Å². The van der Waals surface area contributed by atoms with Crippen molar-refractivity contribution in [2.24, 2.45) is 0 Å². The van der Waals surface area contributed by atoms with Gasteiger partial charge in [-0.3, -0.25) is 0 Å². The van der Waals surface area contributed by atoms with Crippen LogP contribution >= 0.6 is 0 Å². The van der Waals surface area contributed by atoms with Gasteiger partial charge in [-0.1, -0.05) is 0 Å². The number of hydrogen-bond acceptors (Lipinski definition) is 3. The first-order valence-electron chi connectivity index (χ1n) is 4.61. The average Bonchev–Trinajstić information content (AvgIpc) is 2.70. The van der Waals surface area contributed by atoms with Gasteiger partial charge in [0, 0.05) is 6.07 Å². The van der Waals surface area contributed by atoms with Crippen molar-refractivity contribution in [3.05, 3.63) is 18.0 Å². The van der Waals surface area contributed by atoms with Crippen LogP contribution in [0.15, 0.2) is 12.1 Å². The molecule has 0 unspecified atom stereocenters. The minimum absolute atomic E-state index is 0.0327. The first-order valence-corrected chi connectivity index (χ1v) is 4.61. The van der Waals surface area contributed by atoms with E-state index >= 15 is 0 Å². The lowest BCUT2D eigenvalue weighted by molar-refractivity contribution is -0.292. The highest BCUT2D eigenvalue weighted by atomic mass is 19.4. The number of methoxy groups -OCH3 is 1. The number of pyridine rings is 1. The van der Waals surface area contributed by atoms with E-state index in [0.29, 0.717) is 0 Å². The number of nitrogens with one attached hydrogen (secondary N) is 1. The van der Waals surface area contributed by atoms with Crippen LogP contribution in [0.5, 0.6) is 5.88 Å². The highest BCUT2D eigenvalue weighted by Gasteiger charge is 2.61. The topological polar surface area (TPSA) is 50.8 Å². The molecule has 0 spiro atoms. The zero-order valence-corrected chi connectivity index (χ0v) is 8.85. The fourth-order valence-corrected chi connectivity index (χ4v) is 1.27. The van der Waals surface area contributed by atoms with Gasteiger partial charge in [-0.2, -0.15) is 26.9 Å². The number of aromatic nitrogens is 3. The van der Waals surface area contributed by atoms with Crippen LogP contribution in [0, 0.1) is 0 Å². The molecule has 0 saturated carbocycles. The number of imidazole rings is 1. The molecule has 2 rings (SSSR count). The fraction of sp³-hybridized carbons (Fsp3) is 0.333. The molecule has 4 nitrogen and oxygen atoms in total. The number of halogens is 5. The van der Waals surface area contributed by atoms with Crippen LogP contribution in [-0.4, -0.2) is 28.2 Å². The Morgan fingerprint density at radius 3 is 2.33 bits per heavy atom. The molecular formula is C9H6F5N3O. The van der Waals surface area contributed by atoms with Crippen LogP contribution < -0.4 is 4.74 Å². The summed E-state index contributed by atoms with van der Waals surface area (Å²) in [6.07, 6.45) is -5.72. The highest BCUT2D eigenvalue weighted by Crippen LogP contribution is 2.42. The molecular weight excluding hydrogens is 261 g/mol. The molecule has 2 heterocycles. The van der Waals surface area contributed by atoms with Crippen LogP contribution in [0.1, 0.15) is 5.82 Å². The number of H-pyrrole nitrogens is 1. The van der Waals surface area contributed by atoms with Gasteiger partial charge in [0.05, 0.1) is 12.6 Å². The molecule has 2 aromatic heterocycles. The summed E-state index contributed by atoms with van der Waals surface area (Å²) >= 11 is 0. The first-order chi connectivity index (χ1) is 8.25. The van der Waals surface area contributed by atoms with Crippen molar-refractivity contribution >= 4 is 11.2 Å². The summed E-state index contributed by atoms with van der Waals surface area (Å²) in [5.74, 6) is -6.48. The molecule has 0 radical (unpaired) electrons. The van der Waals surface area contributed by atoms with Crippen LogP contribution in [0.3, 0.4) is 0 Å². The number of alkyl halides is 5. The third kappa shape index (κ3) is 1.85. The number of ether oxygens (including phenoxy) is 1. The lowest BCUT2D eigenvalue weighted by Gasteiger charge is -2.16. The van der Waals surface area contributed by atoms with Gasteiger partial charge in [0.2, 0.25) is 5.88 Å².